The van der Waals surface area contributed by atoms with Crippen molar-refractivity contribution in [1.82, 2.24) is 0 Å². The molecule has 4 atom stereocenters. The van der Waals surface area contributed by atoms with Crippen LogP contribution in [-0.2, 0) is 9.53 Å². The van der Waals surface area contributed by atoms with Gasteiger partial charge in [0.15, 0.2) is 11.9 Å². The molecule has 2 rings (SSSR count). The molecule has 1 fully saturated rings. The minimum absolute atomic E-state index is 0.419. The van der Waals surface area contributed by atoms with Crippen molar-refractivity contribution in [2.75, 3.05) is 6.61 Å². The largest absolute Gasteiger partial charge is 0.462 e. The highest BCUT2D eigenvalue weighted by Gasteiger charge is 2.44. The molecule has 6 nitrogen and oxygen atoms in total. The van der Waals surface area contributed by atoms with Crippen LogP contribution in [0.25, 0.3) is 0 Å². The number of hydrogen-bond acceptors (Lipinski definition) is 6. The second kappa shape index (κ2) is 5.45. The lowest BCUT2D eigenvalue weighted by molar-refractivity contribution is -0.229. The maximum Gasteiger partial charge on any atom is 0.233 e. The van der Waals surface area contributed by atoms with E-state index in [1.54, 1.807) is 30.3 Å². The Morgan fingerprint density at radius 1 is 1.17 bits per heavy atom. The fourth-order valence-electron chi connectivity index (χ4n) is 1.68. The zero-order valence-electron chi connectivity index (χ0n) is 9.47. The monoisotopic (exact) mass is 254 g/mol. The molecule has 18 heavy (non-hydrogen) atoms. The molecule has 0 aliphatic carbocycles. The van der Waals surface area contributed by atoms with Gasteiger partial charge in [0, 0.05) is 0 Å². The molecule has 98 valence electrons. The number of para-hydroxylation sites is 1. The molecule has 1 aromatic carbocycles. The minimum Gasteiger partial charge on any atom is -0.462 e. The molecule has 1 aromatic rings. The van der Waals surface area contributed by atoms with Crippen LogP contribution in [0.3, 0.4) is 0 Å². The Hall–Kier alpha value is -1.47. The number of carbonyl (C=O) groups is 1. The third kappa shape index (κ3) is 2.51. The van der Waals surface area contributed by atoms with Crippen molar-refractivity contribution in [2.24, 2.45) is 0 Å². The van der Waals surface area contributed by atoms with Crippen LogP contribution in [0.4, 0.5) is 0 Å². The Bertz CT molecular complexity index is 406. The van der Waals surface area contributed by atoms with Crippen LogP contribution in [-0.4, -0.2) is 52.3 Å². The average Bonchev–Trinajstić information content (AvgIpc) is 2.40. The van der Waals surface area contributed by atoms with Crippen molar-refractivity contribution < 1.29 is 29.6 Å². The van der Waals surface area contributed by atoms with Gasteiger partial charge in [0.05, 0.1) is 6.61 Å². The van der Waals surface area contributed by atoms with Crippen LogP contribution in [0.5, 0.6) is 5.75 Å². The van der Waals surface area contributed by atoms with Gasteiger partial charge in [0.1, 0.15) is 18.0 Å². The van der Waals surface area contributed by atoms with E-state index < -0.39 is 37.0 Å². The van der Waals surface area contributed by atoms with E-state index in [2.05, 4.69) is 0 Å². The van der Waals surface area contributed by atoms with Gasteiger partial charge >= 0.3 is 0 Å². The minimum atomic E-state index is -1.58. The molecule has 1 heterocycles. The van der Waals surface area contributed by atoms with Gasteiger partial charge in [-0.1, -0.05) is 18.2 Å². The second-order valence-electron chi connectivity index (χ2n) is 3.95. The first-order valence-corrected chi connectivity index (χ1v) is 5.51. The fourth-order valence-corrected chi connectivity index (χ4v) is 1.68. The summed E-state index contributed by atoms with van der Waals surface area (Å²) < 4.78 is 10.4. The first-order valence-electron chi connectivity index (χ1n) is 5.51. The zero-order valence-corrected chi connectivity index (χ0v) is 9.47. The summed E-state index contributed by atoms with van der Waals surface area (Å²) in [5, 5.41) is 28.1. The van der Waals surface area contributed by atoms with E-state index in [-0.39, 0.29) is 0 Å². The number of ether oxygens (including phenoxy) is 2. The number of benzene rings is 1. The van der Waals surface area contributed by atoms with Gasteiger partial charge in [-0.15, -0.1) is 0 Å². The number of Topliss-reactive ketones (excluding diaryl/α,β-unsaturated/α-hetero) is 1. The average molecular weight is 254 g/mol. The highest BCUT2D eigenvalue weighted by molar-refractivity contribution is 5.88. The topological polar surface area (TPSA) is 96.2 Å². The molecule has 0 aromatic heterocycles. The Kier molecular flexibility index (Phi) is 3.93. The van der Waals surface area contributed by atoms with Gasteiger partial charge < -0.3 is 24.8 Å². The van der Waals surface area contributed by atoms with Crippen molar-refractivity contribution in [3.8, 4) is 5.75 Å². The lowest BCUT2D eigenvalue weighted by Gasteiger charge is -2.34. The van der Waals surface area contributed by atoms with Crippen molar-refractivity contribution in [2.45, 2.75) is 24.6 Å². The van der Waals surface area contributed by atoms with Gasteiger partial charge in [-0.05, 0) is 12.1 Å². The van der Waals surface area contributed by atoms with Gasteiger partial charge in [-0.25, -0.2) is 0 Å². The van der Waals surface area contributed by atoms with Gasteiger partial charge in [-0.2, -0.15) is 0 Å². The Balaban J connectivity index is 2.10. The van der Waals surface area contributed by atoms with E-state index in [0.717, 1.165) is 0 Å². The number of carbonyl (C=O) groups excluding carboxylic acids is 1. The van der Waals surface area contributed by atoms with Crippen LogP contribution in [0, 0.1) is 0 Å². The summed E-state index contributed by atoms with van der Waals surface area (Å²) in [5.74, 6) is -0.399. The van der Waals surface area contributed by atoms with Crippen LogP contribution in [0.15, 0.2) is 30.3 Å². The van der Waals surface area contributed by atoms with E-state index >= 15 is 0 Å². The van der Waals surface area contributed by atoms with E-state index in [0.29, 0.717) is 5.75 Å². The van der Waals surface area contributed by atoms with Crippen LogP contribution in [0.1, 0.15) is 0 Å². The number of ketones is 1. The third-order valence-corrected chi connectivity index (χ3v) is 2.68. The third-order valence-electron chi connectivity index (χ3n) is 2.68. The maximum absolute atomic E-state index is 11.5. The molecule has 1 aliphatic rings. The van der Waals surface area contributed by atoms with Gasteiger partial charge in [-0.3, -0.25) is 4.79 Å². The van der Waals surface area contributed by atoms with Crippen molar-refractivity contribution >= 4 is 5.78 Å². The van der Waals surface area contributed by atoms with Gasteiger partial charge in [0.2, 0.25) is 6.29 Å². The highest BCUT2D eigenvalue weighted by atomic mass is 16.7. The van der Waals surface area contributed by atoms with Crippen LogP contribution >= 0.6 is 0 Å². The van der Waals surface area contributed by atoms with E-state index in [1.165, 1.54) is 0 Å². The predicted molar refractivity (Wildman–Crippen MR) is 59.8 cm³/mol. The molecule has 0 radical (unpaired) electrons. The zero-order chi connectivity index (χ0) is 13.1. The SMILES string of the molecule is O=C1C(O)[C@@H](CO)O[C@@H](Oc2ccccc2)[C@@H]1O. The van der Waals surface area contributed by atoms with Crippen molar-refractivity contribution in [3.05, 3.63) is 30.3 Å². The van der Waals surface area contributed by atoms with E-state index in [9.17, 15) is 15.0 Å². The Labute approximate surface area is 103 Å². The molecule has 1 aliphatic heterocycles. The van der Waals surface area contributed by atoms with E-state index in [4.69, 9.17) is 14.6 Å². The first kappa shape index (κ1) is 13.0. The number of rotatable bonds is 3. The first-order chi connectivity index (χ1) is 8.63. The van der Waals surface area contributed by atoms with Crippen molar-refractivity contribution in [3.63, 3.8) is 0 Å². The fraction of sp³-hybridized carbons (Fsp3) is 0.417. The van der Waals surface area contributed by atoms with E-state index in [1.807, 2.05) is 0 Å². The summed E-state index contributed by atoms with van der Waals surface area (Å²) >= 11 is 0. The molecular weight excluding hydrogens is 240 g/mol. The second-order valence-corrected chi connectivity index (χ2v) is 3.95. The highest BCUT2D eigenvalue weighted by Crippen LogP contribution is 2.21. The molecule has 6 heteroatoms. The number of aliphatic hydroxyl groups excluding tert-OH is 3. The summed E-state index contributed by atoms with van der Waals surface area (Å²) in [5.41, 5.74) is 0. The predicted octanol–water partition coefficient (Wildman–Crippen LogP) is -0.927. The molecule has 1 unspecified atom stereocenters. The quantitative estimate of drug-likeness (QED) is 0.645. The molecule has 0 amide bonds. The standard InChI is InChI=1S/C12H14O6/c13-6-8-9(14)10(15)11(16)12(18-8)17-7-4-2-1-3-5-7/h1-5,8-9,11-14,16H,6H2/t8-,9?,11-,12-/m1/s1. The normalized spacial score (nSPS) is 32.3. The summed E-state index contributed by atoms with van der Waals surface area (Å²) in [6.07, 6.45) is -5.45. The number of aliphatic hydroxyl groups is 3. The lowest BCUT2D eigenvalue weighted by atomic mass is 10.0. The van der Waals surface area contributed by atoms with Gasteiger partial charge in [0.25, 0.3) is 0 Å². The Morgan fingerprint density at radius 2 is 1.83 bits per heavy atom. The maximum atomic E-state index is 11.5. The summed E-state index contributed by atoms with van der Waals surface area (Å²) in [4.78, 5) is 11.5. The summed E-state index contributed by atoms with van der Waals surface area (Å²) in [6.45, 7) is -0.533. The molecule has 0 spiro atoms. The smallest absolute Gasteiger partial charge is 0.233 e. The number of hydrogen-bond donors (Lipinski definition) is 3. The summed E-state index contributed by atoms with van der Waals surface area (Å²) in [6, 6.07) is 8.52. The molecule has 0 bridgehead atoms. The molecule has 3 N–H and O–H groups in total. The molecular formula is C12H14O6. The summed E-state index contributed by atoms with van der Waals surface area (Å²) in [7, 11) is 0. The van der Waals surface area contributed by atoms with Crippen LogP contribution in [0.2, 0.25) is 0 Å². The Morgan fingerprint density at radius 3 is 2.44 bits per heavy atom. The lowest BCUT2D eigenvalue weighted by Crippen LogP contribution is -2.57. The van der Waals surface area contributed by atoms with Crippen LogP contribution < -0.4 is 4.74 Å². The molecule has 1 saturated heterocycles. The molecule has 0 saturated carbocycles. The van der Waals surface area contributed by atoms with Crippen molar-refractivity contribution in [1.29, 1.82) is 0 Å².